The highest BCUT2D eigenvalue weighted by Crippen LogP contribution is 2.43. The van der Waals surface area contributed by atoms with E-state index in [1.54, 1.807) is 0 Å². The highest BCUT2D eigenvalue weighted by molar-refractivity contribution is 7.47. The summed E-state index contributed by atoms with van der Waals surface area (Å²) in [6, 6.07) is 0. The summed E-state index contributed by atoms with van der Waals surface area (Å²) in [5.74, 6) is -0.981. The van der Waals surface area contributed by atoms with E-state index in [0.29, 0.717) is 30.3 Å². The maximum absolute atomic E-state index is 12.7. The van der Waals surface area contributed by atoms with Gasteiger partial charge >= 0.3 is 19.8 Å². The molecule has 0 fully saturated rings. The van der Waals surface area contributed by atoms with Gasteiger partial charge < -0.3 is 18.9 Å². The van der Waals surface area contributed by atoms with E-state index in [1.165, 1.54) is 0 Å². The van der Waals surface area contributed by atoms with Gasteiger partial charge in [0.05, 0.1) is 27.7 Å². The van der Waals surface area contributed by atoms with E-state index in [9.17, 15) is 19.0 Å². The summed E-state index contributed by atoms with van der Waals surface area (Å²) in [6.45, 7) is 3.99. The third-order valence-electron chi connectivity index (χ3n) is 8.19. The third-order valence-corrected chi connectivity index (χ3v) is 9.17. The van der Waals surface area contributed by atoms with Crippen molar-refractivity contribution in [2.24, 2.45) is 0 Å². The molecule has 0 bridgehead atoms. The maximum atomic E-state index is 12.7. The van der Waals surface area contributed by atoms with Crippen molar-refractivity contribution in [3.05, 3.63) is 134 Å². The zero-order chi connectivity index (χ0) is 44.3. The highest BCUT2D eigenvalue weighted by Gasteiger charge is 2.27. The number of phosphoric ester groups is 1. The molecule has 0 amide bonds. The second-order valence-electron chi connectivity index (χ2n) is 15.0. The fraction of sp³-hybridized carbons (Fsp3) is 0.520. The molecule has 0 aliphatic carbocycles. The molecule has 10 heteroatoms. The fourth-order valence-electron chi connectivity index (χ4n) is 4.84. The number of allylic oxidation sites excluding steroid dienone is 22. The van der Waals surface area contributed by atoms with Crippen LogP contribution >= 0.6 is 7.82 Å². The van der Waals surface area contributed by atoms with E-state index in [0.717, 1.165) is 70.6 Å². The van der Waals surface area contributed by atoms with Gasteiger partial charge in [0.1, 0.15) is 19.8 Å². The Hall–Kier alpha value is -3.85. The van der Waals surface area contributed by atoms with Gasteiger partial charge in [0.25, 0.3) is 0 Å². The lowest BCUT2D eigenvalue weighted by Crippen LogP contribution is -2.37. The standard InChI is InChI=1S/C50H78NO8P/c1-6-8-10-12-14-16-18-20-21-22-23-24-25-26-27-28-29-31-33-35-37-39-41-43-50(53)59-48(47-58-60(54,55)57-45-44-51(3,4)5)46-56-49(52)42-40-38-36-34-32-30-19-17-15-13-11-9-7-2/h8-11,14-17,20-21,23-24,26-27,29-32,35-38,48H,6-7,12-13,18-19,22,25,28,33-34,39-47H2,1-5H3/p+1/b10-8-,11-9-,16-14-,17-15-,21-20-,24-23-,27-26-,31-29-,32-30-,37-35-,38-36-. The zero-order valence-electron chi connectivity index (χ0n) is 37.6. The molecule has 0 saturated carbocycles. The largest absolute Gasteiger partial charge is 0.472 e. The van der Waals surface area contributed by atoms with E-state index >= 15 is 0 Å². The molecule has 0 rings (SSSR count). The van der Waals surface area contributed by atoms with Gasteiger partial charge in [0.15, 0.2) is 6.10 Å². The van der Waals surface area contributed by atoms with E-state index < -0.39 is 32.5 Å². The molecule has 0 spiro atoms. The Morgan fingerprint density at radius 2 is 0.900 bits per heavy atom. The van der Waals surface area contributed by atoms with Crippen molar-refractivity contribution in [3.8, 4) is 0 Å². The second kappa shape index (κ2) is 40.6. The molecule has 1 N–H and O–H groups in total. The molecule has 2 unspecified atom stereocenters. The van der Waals surface area contributed by atoms with Crippen molar-refractivity contribution in [3.63, 3.8) is 0 Å². The Morgan fingerprint density at radius 1 is 0.517 bits per heavy atom. The minimum Gasteiger partial charge on any atom is -0.462 e. The number of esters is 2. The number of likely N-dealkylation sites (N-methyl/N-ethyl adjacent to an activating group) is 1. The molecule has 0 heterocycles. The average molecular weight is 853 g/mol. The average Bonchev–Trinajstić information content (AvgIpc) is 3.20. The van der Waals surface area contributed by atoms with Crippen LogP contribution in [0, 0.1) is 0 Å². The van der Waals surface area contributed by atoms with E-state index in [2.05, 4.69) is 129 Å². The van der Waals surface area contributed by atoms with E-state index in [-0.39, 0.29) is 26.1 Å². The number of quaternary nitrogens is 1. The van der Waals surface area contributed by atoms with Crippen LogP contribution in [-0.2, 0) is 32.7 Å². The van der Waals surface area contributed by atoms with Gasteiger partial charge in [0, 0.05) is 12.8 Å². The molecule has 60 heavy (non-hydrogen) atoms. The fourth-order valence-corrected chi connectivity index (χ4v) is 5.58. The number of unbranched alkanes of at least 4 members (excludes halogenated alkanes) is 1. The molecule has 0 radical (unpaired) electrons. The van der Waals surface area contributed by atoms with Crippen LogP contribution in [0.25, 0.3) is 0 Å². The number of hydrogen-bond acceptors (Lipinski definition) is 7. The first-order chi connectivity index (χ1) is 29.0. The third kappa shape index (κ3) is 43.7. The van der Waals surface area contributed by atoms with E-state index in [1.807, 2.05) is 39.4 Å². The monoisotopic (exact) mass is 853 g/mol. The molecule has 0 aromatic rings. The molecule has 9 nitrogen and oxygen atoms in total. The van der Waals surface area contributed by atoms with Crippen molar-refractivity contribution in [2.45, 2.75) is 123 Å². The Kier molecular flexibility index (Phi) is 37.9. The molecule has 0 aromatic heterocycles. The van der Waals surface area contributed by atoms with Crippen LogP contribution < -0.4 is 0 Å². The minimum atomic E-state index is -4.42. The lowest BCUT2D eigenvalue weighted by atomic mass is 10.2. The number of hydrogen-bond donors (Lipinski definition) is 1. The van der Waals surface area contributed by atoms with Crippen molar-refractivity contribution in [1.29, 1.82) is 0 Å². The number of rotatable bonds is 37. The summed E-state index contributed by atoms with van der Waals surface area (Å²) < 4.78 is 34.1. The van der Waals surface area contributed by atoms with Gasteiger partial charge in [-0.1, -0.05) is 148 Å². The number of ether oxygens (including phenoxy) is 2. The first-order valence-electron chi connectivity index (χ1n) is 21.9. The van der Waals surface area contributed by atoms with Crippen LogP contribution in [0.3, 0.4) is 0 Å². The van der Waals surface area contributed by atoms with Gasteiger partial charge in [-0.05, 0) is 89.9 Å². The summed E-state index contributed by atoms with van der Waals surface area (Å²) in [7, 11) is 1.37. The molecular weight excluding hydrogens is 774 g/mol. The zero-order valence-corrected chi connectivity index (χ0v) is 38.5. The number of carbonyl (C=O) groups excluding carboxylic acids is 2. The van der Waals surface area contributed by atoms with E-state index in [4.69, 9.17) is 18.5 Å². The maximum Gasteiger partial charge on any atom is 0.472 e. The second-order valence-corrected chi connectivity index (χ2v) is 16.4. The number of carbonyl (C=O) groups is 2. The quantitative estimate of drug-likeness (QED) is 0.0216. The first-order valence-corrected chi connectivity index (χ1v) is 23.4. The Bertz CT molecular complexity index is 1470. The minimum absolute atomic E-state index is 0.00161. The number of nitrogens with zero attached hydrogens (tertiary/aromatic N) is 1. The molecule has 0 aliphatic rings. The SMILES string of the molecule is CC/C=C\C/C=C\C/C=C\C/C=C\C/C=C\C/C=C\C/C=C\CCCC(=O)OC(COC(=O)CC/C=C\C/C=C\C/C=C\C/C=C\CC)COP(=O)(O)OCC[N+](C)(C)C. The Balaban J connectivity index is 4.57. The van der Waals surface area contributed by atoms with Crippen LogP contribution in [0.4, 0.5) is 0 Å². The van der Waals surface area contributed by atoms with Crippen LogP contribution in [0.1, 0.15) is 117 Å². The first kappa shape index (κ1) is 56.1. The molecule has 0 saturated heterocycles. The predicted octanol–water partition coefficient (Wildman–Crippen LogP) is 12.7. The highest BCUT2D eigenvalue weighted by atomic mass is 31.2. The number of phosphoric acid groups is 1. The van der Waals surface area contributed by atoms with Crippen molar-refractivity contribution in [2.75, 3.05) is 47.5 Å². The van der Waals surface area contributed by atoms with Gasteiger partial charge in [-0.3, -0.25) is 18.6 Å². The van der Waals surface area contributed by atoms with Crippen molar-refractivity contribution < 1.29 is 42.1 Å². The summed E-state index contributed by atoms with van der Waals surface area (Å²) in [5, 5.41) is 0. The van der Waals surface area contributed by atoms with Crippen LogP contribution in [0.5, 0.6) is 0 Å². The topological polar surface area (TPSA) is 108 Å². The molecule has 336 valence electrons. The van der Waals surface area contributed by atoms with Gasteiger partial charge in [0.2, 0.25) is 0 Å². The summed E-state index contributed by atoms with van der Waals surface area (Å²) in [5.41, 5.74) is 0. The van der Waals surface area contributed by atoms with Crippen molar-refractivity contribution in [1.82, 2.24) is 0 Å². The molecule has 0 aromatic carbocycles. The Labute approximate surface area is 364 Å². The lowest BCUT2D eigenvalue weighted by Gasteiger charge is -2.24. The smallest absolute Gasteiger partial charge is 0.462 e. The van der Waals surface area contributed by atoms with Gasteiger partial charge in [-0.2, -0.15) is 0 Å². The predicted molar refractivity (Wildman–Crippen MR) is 251 cm³/mol. The summed E-state index contributed by atoms with van der Waals surface area (Å²) in [4.78, 5) is 35.3. The van der Waals surface area contributed by atoms with Gasteiger partial charge in [-0.15, -0.1) is 0 Å². The van der Waals surface area contributed by atoms with Crippen molar-refractivity contribution >= 4 is 19.8 Å². The molecular formula is C50H79NO8P+. The molecule has 2 atom stereocenters. The summed E-state index contributed by atoms with van der Waals surface area (Å²) >= 11 is 0. The summed E-state index contributed by atoms with van der Waals surface area (Å²) in [6.07, 6.45) is 58.2. The lowest BCUT2D eigenvalue weighted by molar-refractivity contribution is -0.870. The van der Waals surface area contributed by atoms with Crippen LogP contribution in [0.15, 0.2) is 134 Å². The van der Waals surface area contributed by atoms with Crippen LogP contribution in [-0.4, -0.2) is 74.9 Å². The normalized spacial score (nSPS) is 14.8. The molecule has 0 aliphatic heterocycles. The van der Waals surface area contributed by atoms with Gasteiger partial charge in [-0.25, -0.2) is 4.57 Å². The van der Waals surface area contributed by atoms with Crippen LogP contribution in [0.2, 0.25) is 0 Å². The Morgan fingerprint density at radius 3 is 1.30 bits per heavy atom.